The Kier molecular flexibility index (Phi) is 4.12. The van der Waals surface area contributed by atoms with Crippen LogP contribution in [0.2, 0.25) is 0 Å². The Bertz CT molecular complexity index is 316. The van der Waals surface area contributed by atoms with Crippen LogP contribution in [-0.2, 0) is 9.53 Å². The van der Waals surface area contributed by atoms with Crippen molar-refractivity contribution in [3.63, 3.8) is 0 Å². The van der Waals surface area contributed by atoms with Crippen molar-refractivity contribution < 1.29 is 19.4 Å². The third-order valence-corrected chi connectivity index (χ3v) is 1.95. The fourth-order valence-corrected chi connectivity index (χ4v) is 1.04. The maximum Gasteiger partial charge on any atom is 0.343 e. The van der Waals surface area contributed by atoms with Crippen molar-refractivity contribution in [2.24, 2.45) is 0 Å². The molecule has 0 unspecified atom stereocenters. The number of hydrogen-bond acceptors (Lipinski definition) is 4. The van der Waals surface area contributed by atoms with Gasteiger partial charge in [-0.05, 0) is 24.6 Å². The van der Waals surface area contributed by atoms with Crippen LogP contribution in [0.3, 0.4) is 0 Å². The highest BCUT2D eigenvalue weighted by Crippen LogP contribution is 2.17. The molecule has 0 bridgehead atoms. The first-order valence-electron chi connectivity index (χ1n) is 4.61. The minimum Gasteiger partial charge on any atom is -0.482 e. The fraction of sp³-hybridized carbons (Fsp3) is 0.364. The van der Waals surface area contributed by atoms with Crippen molar-refractivity contribution >= 4 is 5.97 Å². The van der Waals surface area contributed by atoms with Crippen LogP contribution in [0, 0.1) is 0 Å². The minimum atomic E-state index is -0.500. The Hall–Kier alpha value is -1.55. The molecule has 4 heteroatoms. The highest BCUT2D eigenvalue weighted by molar-refractivity contribution is 5.70. The molecule has 15 heavy (non-hydrogen) atoms. The molecule has 0 aromatic heterocycles. The average molecular weight is 210 g/mol. The van der Waals surface area contributed by atoms with Crippen LogP contribution in [0.15, 0.2) is 24.3 Å². The van der Waals surface area contributed by atoms with Gasteiger partial charge in [-0.15, -0.1) is 0 Å². The third kappa shape index (κ3) is 3.59. The zero-order valence-corrected chi connectivity index (χ0v) is 8.77. The highest BCUT2D eigenvalue weighted by Gasteiger charge is 2.03. The Morgan fingerprint density at radius 1 is 1.40 bits per heavy atom. The van der Waals surface area contributed by atoms with Gasteiger partial charge in [-0.1, -0.05) is 12.1 Å². The first kappa shape index (κ1) is 11.5. The summed E-state index contributed by atoms with van der Waals surface area (Å²) in [6, 6.07) is 6.89. The summed E-state index contributed by atoms with van der Waals surface area (Å²) in [5.74, 6) is 0.152. The van der Waals surface area contributed by atoms with E-state index in [1.54, 1.807) is 31.2 Å². The topological polar surface area (TPSA) is 55.8 Å². The molecular weight excluding hydrogens is 196 g/mol. The van der Waals surface area contributed by atoms with Crippen LogP contribution in [-0.4, -0.2) is 24.8 Å². The van der Waals surface area contributed by atoms with Crippen LogP contribution in [0.5, 0.6) is 5.75 Å². The van der Waals surface area contributed by atoms with Gasteiger partial charge in [0.15, 0.2) is 6.61 Å². The quantitative estimate of drug-likeness (QED) is 0.761. The van der Waals surface area contributed by atoms with E-state index in [0.29, 0.717) is 5.75 Å². The maximum atomic E-state index is 10.8. The number of aliphatic hydroxyl groups is 1. The SMILES string of the molecule is COC(=O)COc1ccc([C@@H](C)O)cc1. The summed E-state index contributed by atoms with van der Waals surface area (Å²) in [6.07, 6.45) is -0.500. The zero-order chi connectivity index (χ0) is 11.3. The lowest BCUT2D eigenvalue weighted by Gasteiger charge is -2.07. The summed E-state index contributed by atoms with van der Waals surface area (Å²) in [5.41, 5.74) is 0.806. The number of benzene rings is 1. The lowest BCUT2D eigenvalue weighted by atomic mass is 10.1. The Balaban J connectivity index is 2.53. The maximum absolute atomic E-state index is 10.8. The smallest absolute Gasteiger partial charge is 0.343 e. The van der Waals surface area contributed by atoms with Crippen molar-refractivity contribution in [2.75, 3.05) is 13.7 Å². The summed E-state index contributed by atoms with van der Waals surface area (Å²) in [7, 11) is 1.31. The van der Waals surface area contributed by atoms with E-state index < -0.39 is 12.1 Å². The monoisotopic (exact) mass is 210 g/mol. The van der Waals surface area contributed by atoms with Gasteiger partial charge in [0.25, 0.3) is 0 Å². The van der Waals surface area contributed by atoms with Crippen LogP contribution in [0.25, 0.3) is 0 Å². The first-order valence-corrected chi connectivity index (χ1v) is 4.61. The van der Waals surface area contributed by atoms with Crippen molar-refractivity contribution in [3.05, 3.63) is 29.8 Å². The van der Waals surface area contributed by atoms with Crippen LogP contribution < -0.4 is 4.74 Å². The van der Waals surface area contributed by atoms with Crippen molar-refractivity contribution in [3.8, 4) is 5.75 Å². The Labute approximate surface area is 88.4 Å². The van der Waals surface area contributed by atoms with Gasteiger partial charge in [0.05, 0.1) is 13.2 Å². The molecule has 1 aromatic rings. The van der Waals surface area contributed by atoms with E-state index in [9.17, 15) is 9.90 Å². The van der Waals surface area contributed by atoms with Gasteiger partial charge in [0.2, 0.25) is 0 Å². The van der Waals surface area contributed by atoms with E-state index in [1.807, 2.05) is 0 Å². The standard InChI is InChI=1S/C11H14O4/c1-8(12)9-3-5-10(6-4-9)15-7-11(13)14-2/h3-6,8,12H,7H2,1-2H3/t8-/m1/s1. The van der Waals surface area contributed by atoms with Gasteiger partial charge in [-0.25, -0.2) is 4.79 Å². The van der Waals surface area contributed by atoms with E-state index in [4.69, 9.17) is 4.74 Å². The first-order chi connectivity index (χ1) is 7.13. The molecule has 0 spiro atoms. The molecule has 0 saturated carbocycles. The van der Waals surface area contributed by atoms with Gasteiger partial charge < -0.3 is 14.6 Å². The summed E-state index contributed by atoms with van der Waals surface area (Å²) >= 11 is 0. The molecule has 0 saturated heterocycles. The van der Waals surface area contributed by atoms with Crippen molar-refractivity contribution in [1.82, 2.24) is 0 Å². The lowest BCUT2D eigenvalue weighted by Crippen LogP contribution is -2.12. The third-order valence-electron chi connectivity index (χ3n) is 1.95. The molecule has 0 aliphatic rings. The highest BCUT2D eigenvalue weighted by atomic mass is 16.6. The van der Waals surface area contributed by atoms with Gasteiger partial charge in [-0.3, -0.25) is 0 Å². The molecule has 1 rings (SSSR count). The summed E-state index contributed by atoms with van der Waals surface area (Å²) in [4.78, 5) is 10.8. The van der Waals surface area contributed by atoms with Crippen LogP contribution >= 0.6 is 0 Å². The molecule has 0 aliphatic heterocycles. The molecule has 0 fully saturated rings. The summed E-state index contributed by atoms with van der Waals surface area (Å²) in [6.45, 7) is 1.58. The fourth-order valence-electron chi connectivity index (χ4n) is 1.04. The largest absolute Gasteiger partial charge is 0.482 e. The van der Waals surface area contributed by atoms with E-state index in [2.05, 4.69) is 4.74 Å². The second kappa shape index (κ2) is 5.36. The minimum absolute atomic E-state index is 0.107. The number of rotatable bonds is 4. The van der Waals surface area contributed by atoms with Crippen molar-refractivity contribution in [2.45, 2.75) is 13.0 Å². The molecule has 0 aliphatic carbocycles. The van der Waals surface area contributed by atoms with E-state index in [1.165, 1.54) is 7.11 Å². The molecule has 1 aromatic carbocycles. The second-order valence-electron chi connectivity index (χ2n) is 3.11. The van der Waals surface area contributed by atoms with Crippen LogP contribution in [0.1, 0.15) is 18.6 Å². The van der Waals surface area contributed by atoms with Gasteiger partial charge >= 0.3 is 5.97 Å². The predicted octanol–water partition coefficient (Wildman–Crippen LogP) is 1.29. The molecule has 0 heterocycles. The molecule has 82 valence electrons. The van der Waals surface area contributed by atoms with Crippen LogP contribution in [0.4, 0.5) is 0 Å². The van der Waals surface area contributed by atoms with E-state index >= 15 is 0 Å². The number of carbonyl (C=O) groups is 1. The molecule has 1 atom stereocenters. The molecule has 1 N–H and O–H groups in total. The number of carbonyl (C=O) groups excluding carboxylic acids is 1. The number of ether oxygens (including phenoxy) is 2. The van der Waals surface area contributed by atoms with E-state index in [-0.39, 0.29) is 6.61 Å². The number of methoxy groups -OCH3 is 1. The van der Waals surface area contributed by atoms with Gasteiger partial charge in [-0.2, -0.15) is 0 Å². The summed E-state index contributed by atoms with van der Waals surface area (Å²) in [5, 5.41) is 9.26. The second-order valence-corrected chi connectivity index (χ2v) is 3.11. The molecule has 4 nitrogen and oxygen atoms in total. The molecular formula is C11H14O4. The van der Waals surface area contributed by atoms with Gasteiger partial charge in [0, 0.05) is 0 Å². The summed E-state index contributed by atoms with van der Waals surface area (Å²) < 4.78 is 9.57. The number of hydrogen-bond donors (Lipinski definition) is 1. The number of esters is 1. The zero-order valence-electron chi connectivity index (χ0n) is 8.77. The number of aliphatic hydroxyl groups excluding tert-OH is 1. The predicted molar refractivity (Wildman–Crippen MR) is 54.6 cm³/mol. The van der Waals surface area contributed by atoms with Crippen molar-refractivity contribution in [1.29, 1.82) is 0 Å². The average Bonchev–Trinajstić information content (AvgIpc) is 2.26. The lowest BCUT2D eigenvalue weighted by molar-refractivity contribution is -0.142. The Morgan fingerprint density at radius 2 is 2.00 bits per heavy atom. The van der Waals surface area contributed by atoms with E-state index in [0.717, 1.165) is 5.56 Å². The normalized spacial score (nSPS) is 11.9. The molecule has 0 amide bonds. The molecule has 0 radical (unpaired) electrons. The van der Waals surface area contributed by atoms with Gasteiger partial charge in [0.1, 0.15) is 5.75 Å². The Morgan fingerprint density at radius 3 is 2.47 bits per heavy atom.